The van der Waals surface area contributed by atoms with E-state index in [9.17, 15) is 19.2 Å². The van der Waals surface area contributed by atoms with Crippen LogP contribution in [0.2, 0.25) is 0 Å². The number of amides is 3. The molecular weight excluding hydrogens is 578 g/mol. The van der Waals surface area contributed by atoms with Gasteiger partial charge in [0.25, 0.3) is 0 Å². The van der Waals surface area contributed by atoms with Crippen molar-refractivity contribution >= 4 is 23.7 Å². The number of carbonyl (C=O) groups is 4. The highest BCUT2D eigenvalue weighted by Crippen LogP contribution is 2.29. The van der Waals surface area contributed by atoms with Gasteiger partial charge in [-0.3, -0.25) is 14.4 Å². The third-order valence-corrected chi connectivity index (χ3v) is 7.18. The summed E-state index contributed by atoms with van der Waals surface area (Å²) < 4.78 is 21.7. The maximum absolute atomic E-state index is 13.9. The minimum Gasteiger partial charge on any atom is -0.497 e. The van der Waals surface area contributed by atoms with Crippen LogP contribution >= 0.6 is 0 Å². The van der Waals surface area contributed by atoms with Gasteiger partial charge < -0.3 is 34.9 Å². The van der Waals surface area contributed by atoms with Crippen LogP contribution in [-0.4, -0.2) is 79.9 Å². The molecule has 3 rings (SSSR count). The molecule has 0 spiro atoms. The van der Waals surface area contributed by atoms with E-state index in [2.05, 4.69) is 16.0 Å². The number of unbranched alkanes of at least 4 members (excludes halogenated alkanes) is 1. The van der Waals surface area contributed by atoms with Crippen LogP contribution in [0, 0.1) is 0 Å². The molecule has 2 aromatic rings. The molecule has 11 heteroatoms. The second-order valence-corrected chi connectivity index (χ2v) is 12.4. The van der Waals surface area contributed by atoms with Gasteiger partial charge in [-0.25, -0.2) is 4.79 Å². The number of nitrogens with one attached hydrogen (secondary N) is 3. The first-order valence-corrected chi connectivity index (χ1v) is 15.4. The summed E-state index contributed by atoms with van der Waals surface area (Å²) in [4.78, 5) is 53.6. The van der Waals surface area contributed by atoms with Gasteiger partial charge in [0, 0.05) is 13.0 Å². The minimum atomic E-state index is -1.14. The molecule has 0 unspecified atom stereocenters. The minimum absolute atomic E-state index is 0.109. The molecule has 1 fully saturated rings. The highest BCUT2D eigenvalue weighted by atomic mass is 16.6. The Morgan fingerprint density at radius 2 is 1.44 bits per heavy atom. The number of benzene rings is 2. The Morgan fingerprint density at radius 1 is 0.867 bits per heavy atom. The SMILES string of the molecule is CCCCOC[C@H](NC(=O)OC(C)(C)C)C(=O)N[C@@H](Cc1ccc(OC)cc1)C(=O)N[C@@H](Cc1ccccc1)C(=O)[C@@]1(C)CO1. The summed E-state index contributed by atoms with van der Waals surface area (Å²) in [7, 11) is 1.56. The number of rotatable bonds is 17. The molecule has 45 heavy (non-hydrogen) atoms. The predicted octanol–water partition coefficient (Wildman–Crippen LogP) is 3.52. The highest BCUT2D eigenvalue weighted by Gasteiger charge is 2.50. The van der Waals surface area contributed by atoms with Gasteiger partial charge in [0.2, 0.25) is 11.8 Å². The van der Waals surface area contributed by atoms with Crippen LogP contribution < -0.4 is 20.7 Å². The molecule has 1 aliphatic rings. The fourth-order valence-corrected chi connectivity index (χ4v) is 4.51. The Kier molecular flexibility index (Phi) is 12.9. The summed E-state index contributed by atoms with van der Waals surface area (Å²) in [5.74, 6) is -0.793. The van der Waals surface area contributed by atoms with E-state index >= 15 is 0 Å². The maximum Gasteiger partial charge on any atom is 0.408 e. The molecule has 0 radical (unpaired) electrons. The van der Waals surface area contributed by atoms with Crippen molar-refractivity contribution in [1.29, 1.82) is 0 Å². The second kappa shape index (κ2) is 16.4. The van der Waals surface area contributed by atoms with Gasteiger partial charge in [-0.15, -0.1) is 0 Å². The van der Waals surface area contributed by atoms with Gasteiger partial charge in [-0.2, -0.15) is 0 Å². The second-order valence-electron chi connectivity index (χ2n) is 12.4. The zero-order valence-electron chi connectivity index (χ0n) is 27.1. The van der Waals surface area contributed by atoms with Crippen LogP contribution in [-0.2, 0) is 41.4 Å². The van der Waals surface area contributed by atoms with Crippen LogP contribution in [0.3, 0.4) is 0 Å². The molecule has 0 aliphatic carbocycles. The van der Waals surface area contributed by atoms with E-state index in [-0.39, 0.29) is 31.8 Å². The molecule has 0 aromatic heterocycles. The van der Waals surface area contributed by atoms with Gasteiger partial charge >= 0.3 is 6.09 Å². The van der Waals surface area contributed by atoms with Crippen molar-refractivity contribution in [3.8, 4) is 5.75 Å². The third kappa shape index (κ3) is 11.8. The zero-order valence-corrected chi connectivity index (χ0v) is 27.1. The van der Waals surface area contributed by atoms with Gasteiger partial charge in [-0.05, 0) is 63.8 Å². The normalized spacial score (nSPS) is 17.7. The number of alkyl carbamates (subject to hydrolysis) is 1. The van der Waals surface area contributed by atoms with E-state index in [1.165, 1.54) is 0 Å². The molecule has 246 valence electrons. The molecule has 3 amide bonds. The average molecular weight is 626 g/mol. The number of ether oxygens (including phenoxy) is 4. The average Bonchev–Trinajstić information content (AvgIpc) is 3.75. The number of hydrogen-bond donors (Lipinski definition) is 3. The smallest absolute Gasteiger partial charge is 0.408 e. The predicted molar refractivity (Wildman–Crippen MR) is 169 cm³/mol. The summed E-state index contributed by atoms with van der Waals surface area (Å²) >= 11 is 0. The van der Waals surface area contributed by atoms with Gasteiger partial charge in [0.1, 0.15) is 29.0 Å². The van der Waals surface area contributed by atoms with Crippen molar-refractivity contribution in [1.82, 2.24) is 16.0 Å². The lowest BCUT2D eigenvalue weighted by Gasteiger charge is -2.27. The number of methoxy groups -OCH3 is 1. The Bertz CT molecular complexity index is 1270. The van der Waals surface area contributed by atoms with Crippen LogP contribution in [0.5, 0.6) is 5.75 Å². The third-order valence-electron chi connectivity index (χ3n) is 7.18. The molecule has 11 nitrogen and oxygen atoms in total. The molecule has 1 saturated heterocycles. The van der Waals surface area contributed by atoms with Crippen molar-refractivity contribution in [3.05, 3.63) is 65.7 Å². The summed E-state index contributed by atoms with van der Waals surface area (Å²) in [6.45, 7) is 9.42. The largest absolute Gasteiger partial charge is 0.497 e. The van der Waals surface area contributed by atoms with E-state index in [1.807, 2.05) is 37.3 Å². The van der Waals surface area contributed by atoms with Gasteiger partial charge in [-0.1, -0.05) is 55.8 Å². The number of carbonyl (C=O) groups excluding carboxylic acids is 4. The lowest BCUT2D eigenvalue weighted by Crippen LogP contribution is -2.58. The number of epoxide rings is 1. The summed E-state index contributed by atoms with van der Waals surface area (Å²) in [5.41, 5.74) is -0.148. The zero-order chi connectivity index (χ0) is 33.0. The van der Waals surface area contributed by atoms with Crippen molar-refractivity contribution < 1.29 is 38.1 Å². The Hall–Kier alpha value is -3.96. The molecule has 4 atom stereocenters. The molecule has 1 heterocycles. The van der Waals surface area contributed by atoms with Crippen LogP contribution in [0.25, 0.3) is 0 Å². The fourth-order valence-electron chi connectivity index (χ4n) is 4.51. The number of ketones is 1. The molecule has 0 bridgehead atoms. The molecular formula is C34H47N3O8. The quantitative estimate of drug-likeness (QED) is 0.179. The molecule has 2 aromatic carbocycles. The molecule has 3 N–H and O–H groups in total. The fraction of sp³-hybridized carbons (Fsp3) is 0.529. The molecule has 1 aliphatic heterocycles. The molecule has 0 saturated carbocycles. The first-order valence-electron chi connectivity index (χ1n) is 15.4. The van der Waals surface area contributed by atoms with Crippen LogP contribution in [0.15, 0.2) is 54.6 Å². The van der Waals surface area contributed by atoms with Crippen LogP contribution in [0.4, 0.5) is 4.79 Å². The first-order chi connectivity index (χ1) is 21.3. The van der Waals surface area contributed by atoms with E-state index < -0.39 is 47.2 Å². The maximum atomic E-state index is 13.9. The lowest BCUT2D eigenvalue weighted by molar-refractivity contribution is -0.133. The lowest BCUT2D eigenvalue weighted by atomic mass is 9.94. The van der Waals surface area contributed by atoms with Crippen LogP contribution in [0.1, 0.15) is 58.6 Å². The van der Waals surface area contributed by atoms with Crippen molar-refractivity contribution in [2.75, 3.05) is 26.9 Å². The number of hydrogen-bond acceptors (Lipinski definition) is 8. The Labute approximate surface area is 265 Å². The highest BCUT2D eigenvalue weighted by molar-refractivity contribution is 5.98. The van der Waals surface area contributed by atoms with E-state index in [4.69, 9.17) is 18.9 Å². The topological polar surface area (TPSA) is 145 Å². The van der Waals surface area contributed by atoms with Gasteiger partial charge in [0.15, 0.2) is 5.78 Å². The summed E-state index contributed by atoms with van der Waals surface area (Å²) in [6.07, 6.45) is 1.25. The van der Waals surface area contributed by atoms with Crippen molar-refractivity contribution in [3.63, 3.8) is 0 Å². The van der Waals surface area contributed by atoms with Crippen molar-refractivity contribution in [2.24, 2.45) is 0 Å². The Balaban J connectivity index is 1.85. The van der Waals surface area contributed by atoms with Crippen molar-refractivity contribution in [2.45, 2.75) is 89.6 Å². The Morgan fingerprint density at radius 3 is 2.02 bits per heavy atom. The van der Waals surface area contributed by atoms with E-state index in [1.54, 1.807) is 59.1 Å². The number of Topliss-reactive ketones (excluding diaryl/α,β-unsaturated/α-hetero) is 1. The van der Waals surface area contributed by atoms with E-state index in [0.717, 1.165) is 24.0 Å². The first kappa shape index (κ1) is 35.5. The summed E-state index contributed by atoms with van der Waals surface area (Å²) in [5, 5.41) is 8.25. The van der Waals surface area contributed by atoms with Gasteiger partial charge in [0.05, 0.1) is 26.4 Å². The summed E-state index contributed by atoms with van der Waals surface area (Å²) in [6, 6.07) is 13.3. The standard InChI is InChI=1S/C34H47N3O8/c1-7-8-18-43-21-28(37-32(41)45-33(2,3)4)31(40)36-27(20-24-14-16-25(42-6)17-15-24)30(39)35-26(29(38)34(5)22-44-34)19-23-12-10-9-11-13-23/h9-17,26-28H,7-8,18-22H2,1-6H3,(H,35,39)(H,36,40)(H,37,41)/t26-,27-,28-,34+/m0/s1. The van der Waals surface area contributed by atoms with E-state index in [0.29, 0.717) is 12.4 Å². The monoisotopic (exact) mass is 625 g/mol.